The zero-order valence-electron chi connectivity index (χ0n) is 19.8. The van der Waals surface area contributed by atoms with Gasteiger partial charge >= 0.3 is 6.03 Å². The number of para-hydroxylation sites is 1. The first kappa shape index (κ1) is 24.4. The van der Waals surface area contributed by atoms with Gasteiger partial charge in [0.05, 0.1) is 17.3 Å². The van der Waals surface area contributed by atoms with Gasteiger partial charge in [-0.3, -0.25) is 9.69 Å². The highest BCUT2D eigenvalue weighted by molar-refractivity contribution is 6.03. The SMILES string of the molecule is NCCNC(=O)Nc1ccccc1C(=O)NC1CCN(C(c2ccccc2)c2ccccc2)CC1. The van der Waals surface area contributed by atoms with Gasteiger partial charge < -0.3 is 21.7 Å². The maximum atomic E-state index is 13.1. The van der Waals surface area contributed by atoms with E-state index in [2.05, 4.69) is 69.4 Å². The van der Waals surface area contributed by atoms with Gasteiger partial charge in [-0.05, 0) is 36.1 Å². The monoisotopic (exact) mass is 471 g/mol. The molecule has 1 fully saturated rings. The largest absolute Gasteiger partial charge is 0.349 e. The quantitative estimate of drug-likeness (QED) is 0.402. The second kappa shape index (κ2) is 12.1. The highest BCUT2D eigenvalue weighted by Crippen LogP contribution is 2.31. The third kappa shape index (κ3) is 6.47. The van der Waals surface area contributed by atoms with Crippen molar-refractivity contribution in [1.29, 1.82) is 0 Å². The summed E-state index contributed by atoms with van der Waals surface area (Å²) in [5.41, 5.74) is 8.91. The summed E-state index contributed by atoms with van der Waals surface area (Å²) in [6, 6.07) is 28.1. The van der Waals surface area contributed by atoms with Crippen molar-refractivity contribution < 1.29 is 9.59 Å². The van der Waals surface area contributed by atoms with Gasteiger partial charge in [0.15, 0.2) is 0 Å². The van der Waals surface area contributed by atoms with E-state index in [0.29, 0.717) is 24.3 Å². The molecule has 7 nitrogen and oxygen atoms in total. The van der Waals surface area contributed by atoms with Crippen molar-refractivity contribution in [3.05, 3.63) is 102 Å². The Labute approximate surface area is 206 Å². The third-order valence-corrected chi connectivity index (χ3v) is 6.31. The predicted octanol–water partition coefficient (Wildman–Crippen LogP) is 3.75. The molecule has 0 aromatic heterocycles. The Hall–Kier alpha value is -3.68. The Kier molecular flexibility index (Phi) is 8.48. The van der Waals surface area contributed by atoms with E-state index in [9.17, 15) is 9.59 Å². The molecule has 5 N–H and O–H groups in total. The number of piperidine rings is 1. The molecule has 0 spiro atoms. The fraction of sp³-hybridized carbons (Fsp3) is 0.286. The number of urea groups is 1. The van der Waals surface area contributed by atoms with Crippen LogP contribution in [0.25, 0.3) is 0 Å². The summed E-state index contributed by atoms with van der Waals surface area (Å²) in [4.78, 5) is 27.6. The second-order valence-corrected chi connectivity index (χ2v) is 8.72. The van der Waals surface area contributed by atoms with Gasteiger partial charge in [-0.1, -0.05) is 72.8 Å². The van der Waals surface area contributed by atoms with Gasteiger partial charge in [0.1, 0.15) is 0 Å². The highest BCUT2D eigenvalue weighted by Gasteiger charge is 2.28. The number of anilines is 1. The molecule has 1 aliphatic rings. The van der Waals surface area contributed by atoms with Gasteiger partial charge in [0, 0.05) is 32.2 Å². The number of nitrogens with zero attached hydrogens (tertiary/aromatic N) is 1. The Morgan fingerprint density at radius 2 is 1.43 bits per heavy atom. The maximum absolute atomic E-state index is 13.1. The maximum Gasteiger partial charge on any atom is 0.319 e. The molecule has 0 aliphatic carbocycles. The van der Waals surface area contributed by atoms with E-state index in [4.69, 9.17) is 5.73 Å². The minimum Gasteiger partial charge on any atom is -0.349 e. The van der Waals surface area contributed by atoms with E-state index < -0.39 is 0 Å². The summed E-state index contributed by atoms with van der Waals surface area (Å²) in [5, 5.41) is 8.58. The van der Waals surface area contributed by atoms with Gasteiger partial charge in [0.25, 0.3) is 5.91 Å². The Morgan fingerprint density at radius 3 is 2.03 bits per heavy atom. The van der Waals surface area contributed by atoms with E-state index in [1.165, 1.54) is 11.1 Å². The lowest BCUT2D eigenvalue weighted by Crippen LogP contribution is -2.46. The van der Waals surface area contributed by atoms with E-state index >= 15 is 0 Å². The van der Waals surface area contributed by atoms with Gasteiger partial charge in [-0.2, -0.15) is 0 Å². The normalized spacial score (nSPS) is 14.5. The molecule has 7 heteroatoms. The minimum absolute atomic E-state index is 0.0741. The lowest BCUT2D eigenvalue weighted by Gasteiger charge is -2.38. The summed E-state index contributed by atoms with van der Waals surface area (Å²) >= 11 is 0. The Morgan fingerprint density at radius 1 is 0.857 bits per heavy atom. The van der Waals surface area contributed by atoms with E-state index in [-0.39, 0.29) is 24.0 Å². The first-order valence-corrected chi connectivity index (χ1v) is 12.1. The van der Waals surface area contributed by atoms with Crippen molar-refractivity contribution in [2.75, 3.05) is 31.5 Å². The molecular formula is C28H33N5O2. The van der Waals surface area contributed by atoms with Crippen molar-refractivity contribution in [3.8, 4) is 0 Å². The highest BCUT2D eigenvalue weighted by atomic mass is 16.2. The smallest absolute Gasteiger partial charge is 0.319 e. The van der Waals surface area contributed by atoms with E-state index in [0.717, 1.165) is 25.9 Å². The molecule has 35 heavy (non-hydrogen) atoms. The van der Waals surface area contributed by atoms with Crippen LogP contribution in [0.3, 0.4) is 0 Å². The standard InChI is InChI=1S/C28H33N5O2/c29-17-18-30-28(35)32-25-14-8-7-13-24(25)27(34)31-23-15-19-33(20-16-23)26(21-9-3-1-4-10-21)22-11-5-2-6-12-22/h1-14,23,26H,15-20,29H2,(H,31,34)(H2,30,32,35). The molecule has 0 bridgehead atoms. The number of carbonyl (C=O) groups is 2. The van der Waals surface area contributed by atoms with Crippen LogP contribution in [-0.2, 0) is 0 Å². The number of hydrogen-bond acceptors (Lipinski definition) is 4. The fourth-order valence-corrected chi connectivity index (χ4v) is 4.59. The van der Waals surface area contributed by atoms with Crippen LogP contribution in [0.2, 0.25) is 0 Å². The van der Waals surface area contributed by atoms with Crippen molar-refractivity contribution in [1.82, 2.24) is 15.5 Å². The molecular weight excluding hydrogens is 438 g/mol. The van der Waals surface area contributed by atoms with Crippen LogP contribution in [0, 0.1) is 0 Å². The summed E-state index contributed by atoms with van der Waals surface area (Å²) in [7, 11) is 0. The molecule has 1 heterocycles. The topological polar surface area (TPSA) is 99.5 Å². The van der Waals surface area contributed by atoms with Crippen LogP contribution in [0.1, 0.15) is 40.4 Å². The lowest BCUT2D eigenvalue weighted by molar-refractivity contribution is 0.0901. The van der Waals surface area contributed by atoms with Crippen molar-refractivity contribution in [3.63, 3.8) is 0 Å². The predicted molar refractivity (Wildman–Crippen MR) is 139 cm³/mol. The molecule has 1 aliphatic heterocycles. The van der Waals surface area contributed by atoms with Crippen LogP contribution in [-0.4, -0.2) is 49.1 Å². The van der Waals surface area contributed by atoms with Crippen LogP contribution in [0.5, 0.6) is 0 Å². The van der Waals surface area contributed by atoms with Crippen molar-refractivity contribution >= 4 is 17.6 Å². The molecule has 1 saturated heterocycles. The van der Waals surface area contributed by atoms with Crippen molar-refractivity contribution in [2.45, 2.75) is 24.9 Å². The molecule has 3 amide bonds. The van der Waals surface area contributed by atoms with E-state index in [1.54, 1.807) is 24.3 Å². The van der Waals surface area contributed by atoms with Gasteiger partial charge in [0.2, 0.25) is 0 Å². The Balaban J connectivity index is 1.39. The summed E-state index contributed by atoms with van der Waals surface area (Å²) in [6.07, 6.45) is 1.71. The zero-order chi connectivity index (χ0) is 24.5. The molecule has 0 unspecified atom stereocenters. The second-order valence-electron chi connectivity index (χ2n) is 8.72. The number of hydrogen-bond donors (Lipinski definition) is 4. The zero-order valence-corrected chi connectivity index (χ0v) is 19.8. The molecule has 182 valence electrons. The Bertz CT molecular complexity index is 1060. The number of nitrogens with one attached hydrogen (secondary N) is 3. The number of carbonyl (C=O) groups excluding carboxylic acids is 2. The number of benzene rings is 3. The van der Waals surface area contributed by atoms with E-state index in [1.807, 2.05) is 12.1 Å². The number of amides is 3. The molecule has 3 aromatic rings. The summed E-state index contributed by atoms with van der Waals surface area (Å²) in [5.74, 6) is -0.180. The fourth-order valence-electron chi connectivity index (χ4n) is 4.59. The van der Waals surface area contributed by atoms with Gasteiger partial charge in [-0.25, -0.2) is 4.79 Å². The molecule has 4 rings (SSSR count). The van der Waals surface area contributed by atoms with Crippen molar-refractivity contribution in [2.24, 2.45) is 5.73 Å². The molecule has 0 atom stereocenters. The van der Waals surface area contributed by atoms with Crippen LogP contribution < -0.4 is 21.7 Å². The van der Waals surface area contributed by atoms with Crippen LogP contribution in [0.4, 0.5) is 10.5 Å². The van der Waals surface area contributed by atoms with Crippen LogP contribution >= 0.6 is 0 Å². The number of rotatable bonds is 8. The molecule has 0 radical (unpaired) electrons. The average Bonchev–Trinajstić information content (AvgIpc) is 2.90. The molecule has 0 saturated carbocycles. The van der Waals surface area contributed by atoms with Crippen LogP contribution in [0.15, 0.2) is 84.9 Å². The average molecular weight is 472 g/mol. The summed E-state index contributed by atoms with van der Waals surface area (Å²) in [6.45, 7) is 2.47. The first-order chi connectivity index (χ1) is 17.2. The first-order valence-electron chi connectivity index (χ1n) is 12.1. The number of likely N-dealkylation sites (tertiary alicyclic amines) is 1. The summed E-state index contributed by atoms with van der Waals surface area (Å²) < 4.78 is 0. The third-order valence-electron chi connectivity index (χ3n) is 6.31. The lowest BCUT2D eigenvalue weighted by atomic mass is 9.94. The minimum atomic E-state index is -0.378. The van der Waals surface area contributed by atoms with Gasteiger partial charge in [-0.15, -0.1) is 0 Å². The number of nitrogens with two attached hydrogens (primary N) is 1. The molecule has 3 aromatic carbocycles.